The third kappa shape index (κ3) is 2.78. The summed E-state index contributed by atoms with van der Waals surface area (Å²) < 4.78 is 0. The van der Waals surface area contributed by atoms with Crippen LogP contribution in [0.3, 0.4) is 0 Å². The summed E-state index contributed by atoms with van der Waals surface area (Å²) in [5, 5.41) is 12.8. The lowest BCUT2D eigenvalue weighted by atomic mass is 9.85. The molecule has 2 atom stereocenters. The van der Waals surface area contributed by atoms with Crippen LogP contribution < -0.4 is 0 Å². The molecule has 2 rings (SSSR count). The van der Waals surface area contributed by atoms with E-state index in [-0.39, 0.29) is 17.4 Å². The Labute approximate surface area is 111 Å². The molecule has 0 aliphatic carbocycles. The molecule has 0 fully saturated rings. The predicted molar refractivity (Wildman–Crippen MR) is 73.8 cm³/mol. The largest absolute Gasteiger partial charge is 0.303 e. The highest BCUT2D eigenvalue weighted by Gasteiger charge is 2.25. The molecule has 98 valence electrons. The molecule has 0 saturated carbocycles. The van der Waals surface area contributed by atoms with Crippen molar-refractivity contribution in [2.24, 2.45) is 5.92 Å². The number of fused-ring (bicyclic) bond motifs is 1. The van der Waals surface area contributed by atoms with Crippen molar-refractivity contribution in [2.75, 3.05) is 6.54 Å². The number of benzene rings is 2. The number of hydrogen-bond donors (Lipinski definition) is 0. The van der Waals surface area contributed by atoms with Crippen molar-refractivity contribution in [3.05, 3.63) is 58.1 Å². The van der Waals surface area contributed by atoms with Gasteiger partial charge in [-0.05, 0) is 16.3 Å². The molecule has 4 nitrogen and oxygen atoms in total. The molecule has 2 aromatic carbocycles. The monoisotopic (exact) mass is 257 g/mol. The fourth-order valence-electron chi connectivity index (χ4n) is 2.38. The Hall–Kier alpha value is -2.23. The quantitative estimate of drug-likeness (QED) is 0.470. The third-order valence-corrected chi connectivity index (χ3v) is 3.42. The van der Waals surface area contributed by atoms with Gasteiger partial charge in [-0.2, -0.15) is 0 Å². The first-order valence-corrected chi connectivity index (χ1v) is 6.18. The van der Waals surface area contributed by atoms with Gasteiger partial charge in [-0.25, -0.2) is 0 Å². The smallest absolute Gasteiger partial charge is 0.211 e. The summed E-state index contributed by atoms with van der Waals surface area (Å²) >= 11 is 0. The first-order valence-electron chi connectivity index (χ1n) is 6.18. The van der Waals surface area contributed by atoms with E-state index in [9.17, 15) is 14.9 Å². The summed E-state index contributed by atoms with van der Waals surface area (Å²) in [6.07, 6.45) is 0.788. The van der Waals surface area contributed by atoms with E-state index in [2.05, 4.69) is 0 Å². The van der Waals surface area contributed by atoms with Gasteiger partial charge in [0.1, 0.15) is 6.29 Å². The minimum absolute atomic E-state index is 0.228. The molecule has 0 unspecified atom stereocenters. The average Bonchev–Trinajstić information content (AvgIpc) is 2.43. The number of nitrogens with zero attached hydrogens (tertiary/aromatic N) is 1. The molecule has 19 heavy (non-hydrogen) atoms. The average molecular weight is 257 g/mol. The lowest BCUT2D eigenvalue weighted by molar-refractivity contribution is -0.484. The molecule has 0 spiro atoms. The highest BCUT2D eigenvalue weighted by atomic mass is 16.6. The van der Waals surface area contributed by atoms with E-state index in [1.165, 1.54) is 0 Å². The van der Waals surface area contributed by atoms with Gasteiger partial charge in [-0.3, -0.25) is 10.1 Å². The Balaban J connectivity index is 2.55. The molecule has 0 aliphatic rings. The lowest BCUT2D eigenvalue weighted by Crippen LogP contribution is -2.20. The third-order valence-electron chi connectivity index (χ3n) is 3.42. The number of hydrogen-bond acceptors (Lipinski definition) is 3. The van der Waals surface area contributed by atoms with Crippen LogP contribution in [-0.4, -0.2) is 17.8 Å². The van der Waals surface area contributed by atoms with Crippen molar-refractivity contribution in [3.8, 4) is 0 Å². The maximum absolute atomic E-state index is 11.0. The second-order valence-electron chi connectivity index (χ2n) is 4.69. The van der Waals surface area contributed by atoms with Crippen molar-refractivity contribution in [2.45, 2.75) is 12.8 Å². The summed E-state index contributed by atoms with van der Waals surface area (Å²) in [5.74, 6) is -0.769. The number of carbonyl (C=O) groups is 1. The van der Waals surface area contributed by atoms with E-state index in [0.717, 1.165) is 22.6 Å². The van der Waals surface area contributed by atoms with Crippen LogP contribution in [-0.2, 0) is 4.79 Å². The first-order chi connectivity index (χ1) is 9.13. The van der Waals surface area contributed by atoms with Crippen molar-refractivity contribution in [1.29, 1.82) is 0 Å². The van der Waals surface area contributed by atoms with Gasteiger partial charge in [0.15, 0.2) is 0 Å². The summed E-state index contributed by atoms with van der Waals surface area (Å²) in [5.41, 5.74) is 0.870. The fraction of sp³-hybridized carbons (Fsp3) is 0.267. The van der Waals surface area contributed by atoms with Gasteiger partial charge >= 0.3 is 0 Å². The van der Waals surface area contributed by atoms with E-state index in [1.807, 2.05) is 42.5 Å². The standard InChI is InChI=1S/C15H15NO3/c1-11(10-17)15(9-16(18)19)14-8-4-6-12-5-2-3-7-13(12)14/h2-8,10-11,15H,9H2,1H3/t11-,15-/m1/s1. The van der Waals surface area contributed by atoms with E-state index in [1.54, 1.807) is 6.92 Å². The minimum Gasteiger partial charge on any atom is -0.303 e. The highest BCUT2D eigenvalue weighted by molar-refractivity contribution is 5.86. The van der Waals surface area contributed by atoms with Crippen LogP contribution in [0.2, 0.25) is 0 Å². The second kappa shape index (κ2) is 5.61. The zero-order valence-electron chi connectivity index (χ0n) is 10.7. The van der Waals surface area contributed by atoms with Gasteiger partial charge in [0.25, 0.3) is 0 Å². The predicted octanol–water partition coefficient (Wildman–Crippen LogP) is 3.04. The Bertz CT molecular complexity index is 604. The Morgan fingerprint density at radius 3 is 2.58 bits per heavy atom. The Morgan fingerprint density at radius 2 is 1.89 bits per heavy atom. The van der Waals surface area contributed by atoms with Gasteiger partial charge in [-0.15, -0.1) is 0 Å². The number of rotatable bonds is 5. The SMILES string of the molecule is C[C@H](C=O)[C@@H](C[N+](=O)[O-])c1cccc2ccccc12. The zero-order valence-corrected chi connectivity index (χ0v) is 10.7. The molecule has 0 radical (unpaired) electrons. The van der Waals surface area contributed by atoms with Crippen molar-refractivity contribution < 1.29 is 9.72 Å². The molecule has 4 heteroatoms. The van der Waals surface area contributed by atoms with Crippen LogP contribution in [0.25, 0.3) is 10.8 Å². The molecular formula is C15H15NO3. The normalized spacial score (nSPS) is 13.9. The molecule has 0 aliphatic heterocycles. The molecule has 0 aromatic heterocycles. The maximum Gasteiger partial charge on any atom is 0.211 e. The van der Waals surface area contributed by atoms with Gasteiger partial charge < -0.3 is 4.79 Å². The van der Waals surface area contributed by atoms with Crippen LogP contribution >= 0.6 is 0 Å². The molecule has 0 amide bonds. The van der Waals surface area contributed by atoms with Gasteiger partial charge in [-0.1, -0.05) is 49.4 Å². The zero-order chi connectivity index (χ0) is 13.8. The van der Waals surface area contributed by atoms with Crippen LogP contribution in [0.5, 0.6) is 0 Å². The van der Waals surface area contributed by atoms with Gasteiger partial charge in [0, 0.05) is 10.8 Å². The summed E-state index contributed by atoms with van der Waals surface area (Å²) in [4.78, 5) is 21.5. The van der Waals surface area contributed by atoms with Crippen LogP contribution in [0.15, 0.2) is 42.5 Å². The molecule has 0 N–H and O–H groups in total. The molecule has 2 aromatic rings. The van der Waals surface area contributed by atoms with Gasteiger partial charge in [0.05, 0.1) is 5.92 Å². The molecular weight excluding hydrogens is 242 g/mol. The first kappa shape index (κ1) is 13.2. The topological polar surface area (TPSA) is 60.2 Å². The van der Waals surface area contributed by atoms with E-state index >= 15 is 0 Å². The van der Waals surface area contributed by atoms with Crippen molar-refractivity contribution in [1.82, 2.24) is 0 Å². The molecule has 0 heterocycles. The van der Waals surface area contributed by atoms with E-state index < -0.39 is 5.92 Å². The van der Waals surface area contributed by atoms with E-state index in [4.69, 9.17) is 0 Å². The van der Waals surface area contributed by atoms with Crippen molar-refractivity contribution >= 4 is 17.1 Å². The van der Waals surface area contributed by atoms with E-state index in [0.29, 0.717) is 0 Å². The van der Waals surface area contributed by atoms with Gasteiger partial charge in [0.2, 0.25) is 6.54 Å². The summed E-state index contributed by atoms with van der Waals surface area (Å²) in [6, 6.07) is 13.5. The fourth-order valence-corrected chi connectivity index (χ4v) is 2.38. The lowest BCUT2D eigenvalue weighted by Gasteiger charge is -2.18. The highest BCUT2D eigenvalue weighted by Crippen LogP contribution is 2.30. The van der Waals surface area contributed by atoms with Crippen LogP contribution in [0.1, 0.15) is 18.4 Å². The van der Waals surface area contributed by atoms with Crippen LogP contribution in [0.4, 0.5) is 0 Å². The summed E-state index contributed by atoms with van der Waals surface area (Å²) in [7, 11) is 0. The minimum atomic E-state index is -0.390. The summed E-state index contributed by atoms with van der Waals surface area (Å²) in [6.45, 7) is 1.50. The van der Waals surface area contributed by atoms with Crippen molar-refractivity contribution in [3.63, 3.8) is 0 Å². The number of carbonyl (C=O) groups excluding carboxylic acids is 1. The second-order valence-corrected chi connectivity index (χ2v) is 4.69. The maximum atomic E-state index is 11.0. The molecule has 0 saturated heterocycles. The number of nitro groups is 1. The Morgan fingerprint density at radius 1 is 1.21 bits per heavy atom. The Kier molecular flexibility index (Phi) is 3.90. The van der Waals surface area contributed by atoms with Crippen LogP contribution in [0, 0.1) is 16.0 Å². The number of aldehydes is 1. The molecule has 0 bridgehead atoms.